The fraction of sp³-hybridized carbons (Fsp3) is 0.462. The predicted molar refractivity (Wildman–Crippen MR) is 74.8 cm³/mol. The van der Waals surface area contributed by atoms with Crippen LogP contribution in [0.2, 0.25) is 0 Å². The number of nitrogens with two attached hydrogens (primary N) is 1. The zero-order valence-corrected chi connectivity index (χ0v) is 11.5. The summed E-state index contributed by atoms with van der Waals surface area (Å²) in [5.74, 6) is -0.327. The molecule has 94 valence electrons. The Morgan fingerprint density at radius 3 is 2.41 bits per heavy atom. The Balaban J connectivity index is 2.90. The van der Waals surface area contributed by atoms with E-state index in [1.54, 1.807) is 12.1 Å². The minimum Gasteiger partial charge on any atom is -0.389 e. The highest BCUT2D eigenvalue weighted by Crippen LogP contribution is 2.24. The lowest BCUT2D eigenvalue weighted by molar-refractivity contribution is 0.358. The minimum absolute atomic E-state index is 0.0638. The van der Waals surface area contributed by atoms with Gasteiger partial charge in [0.05, 0.1) is 5.69 Å². The van der Waals surface area contributed by atoms with Crippen molar-refractivity contribution in [1.29, 1.82) is 0 Å². The molecule has 0 saturated carbocycles. The molecule has 0 aliphatic heterocycles. The fourth-order valence-corrected chi connectivity index (χ4v) is 1.36. The Morgan fingerprint density at radius 1 is 1.41 bits per heavy atom. The Bertz CT molecular complexity index is 424. The van der Waals surface area contributed by atoms with Gasteiger partial charge >= 0.3 is 0 Å². The highest BCUT2D eigenvalue weighted by molar-refractivity contribution is 7.80. The largest absolute Gasteiger partial charge is 0.389 e. The minimum atomic E-state index is -0.327. The molecule has 0 saturated heterocycles. The van der Waals surface area contributed by atoms with E-state index in [1.807, 2.05) is 6.92 Å². The zero-order chi connectivity index (χ0) is 13.2. The topological polar surface area (TPSA) is 38.0 Å². The highest BCUT2D eigenvalue weighted by atomic mass is 32.1. The summed E-state index contributed by atoms with van der Waals surface area (Å²) in [4.78, 5) is 0.208. The molecule has 1 aromatic carbocycles. The van der Waals surface area contributed by atoms with E-state index in [9.17, 15) is 4.39 Å². The van der Waals surface area contributed by atoms with Gasteiger partial charge < -0.3 is 11.1 Å². The number of hydrogen-bond acceptors (Lipinski definition) is 2. The summed E-state index contributed by atoms with van der Waals surface area (Å²) in [6.45, 7) is 8.34. The second-order valence-electron chi connectivity index (χ2n) is 5.29. The highest BCUT2D eigenvalue weighted by Gasteiger charge is 2.20. The first kappa shape index (κ1) is 13.9. The van der Waals surface area contributed by atoms with E-state index in [-0.39, 0.29) is 22.3 Å². The van der Waals surface area contributed by atoms with Crippen LogP contribution in [-0.2, 0) is 0 Å². The average molecular weight is 254 g/mol. The maximum Gasteiger partial charge on any atom is 0.146 e. The summed E-state index contributed by atoms with van der Waals surface area (Å²) >= 11 is 4.80. The molecule has 17 heavy (non-hydrogen) atoms. The third-order valence-corrected chi connectivity index (χ3v) is 3.16. The van der Waals surface area contributed by atoms with E-state index in [0.717, 1.165) is 0 Å². The van der Waals surface area contributed by atoms with Crippen LogP contribution in [-0.4, -0.2) is 11.0 Å². The first-order valence-corrected chi connectivity index (χ1v) is 5.98. The lowest BCUT2D eigenvalue weighted by Gasteiger charge is -2.29. The lowest BCUT2D eigenvalue weighted by Crippen LogP contribution is -2.31. The van der Waals surface area contributed by atoms with Gasteiger partial charge in [-0.25, -0.2) is 4.39 Å². The van der Waals surface area contributed by atoms with Crippen LogP contribution in [0.5, 0.6) is 0 Å². The van der Waals surface area contributed by atoms with Crippen molar-refractivity contribution in [2.45, 2.75) is 33.7 Å². The summed E-state index contributed by atoms with van der Waals surface area (Å²) in [7, 11) is 0. The van der Waals surface area contributed by atoms with Crippen LogP contribution in [0.3, 0.4) is 0 Å². The van der Waals surface area contributed by atoms with Crippen LogP contribution in [0.25, 0.3) is 0 Å². The first-order chi connectivity index (χ1) is 7.71. The van der Waals surface area contributed by atoms with Crippen molar-refractivity contribution in [1.82, 2.24) is 0 Å². The number of anilines is 1. The first-order valence-electron chi connectivity index (χ1n) is 5.57. The zero-order valence-electron chi connectivity index (χ0n) is 10.7. The van der Waals surface area contributed by atoms with Crippen LogP contribution in [0, 0.1) is 11.2 Å². The van der Waals surface area contributed by atoms with Gasteiger partial charge in [-0.2, -0.15) is 0 Å². The molecule has 1 atom stereocenters. The van der Waals surface area contributed by atoms with Gasteiger partial charge in [0.15, 0.2) is 0 Å². The van der Waals surface area contributed by atoms with E-state index in [1.165, 1.54) is 6.07 Å². The van der Waals surface area contributed by atoms with Crippen LogP contribution in [0.15, 0.2) is 18.2 Å². The van der Waals surface area contributed by atoms with Gasteiger partial charge in [-0.1, -0.05) is 33.0 Å². The van der Waals surface area contributed by atoms with Gasteiger partial charge in [-0.3, -0.25) is 0 Å². The molecule has 1 unspecified atom stereocenters. The van der Waals surface area contributed by atoms with Crippen molar-refractivity contribution in [3.8, 4) is 0 Å². The smallest absolute Gasteiger partial charge is 0.146 e. The summed E-state index contributed by atoms with van der Waals surface area (Å²) in [5, 5.41) is 3.16. The molecular weight excluding hydrogens is 235 g/mol. The number of hydrogen-bond donors (Lipinski definition) is 2. The van der Waals surface area contributed by atoms with E-state index >= 15 is 0 Å². The molecule has 1 aromatic rings. The summed E-state index contributed by atoms with van der Waals surface area (Å²) < 4.78 is 13.8. The monoisotopic (exact) mass is 254 g/mol. The van der Waals surface area contributed by atoms with Crippen molar-refractivity contribution in [3.05, 3.63) is 29.6 Å². The Hall–Kier alpha value is -1.16. The standard InChI is InChI=1S/C13H19FN2S/c1-8(13(2,3)4)16-11-6-5-9(12(15)17)7-10(11)14/h5-8,16H,1-4H3,(H2,15,17). The van der Waals surface area contributed by atoms with E-state index in [2.05, 4.69) is 26.1 Å². The number of benzene rings is 1. The molecule has 1 rings (SSSR count). The van der Waals surface area contributed by atoms with Crippen molar-refractivity contribution in [2.75, 3.05) is 5.32 Å². The molecule has 0 fully saturated rings. The molecule has 0 aliphatic carbocycles. The second kappa shape index (κ2) is 5.00. The maximum absolute atomic E-state index is 13.8. The average Bonchev–Trinajstić information content (AvgIpc) is 2.19. The summed E-state index contributed by atoms with van der Waals surface area (Å²) in [6.07, 6.45) is 0. The lowest BCUT2D eigenvalue weighted by atomic mass is 9.88. The number of rotatable bonds is 3. The van der Waals surface area contributed by atoms with Crippen LogP contribution >= 0.6 is 12.2 Å². The molecule has 4 heteroatoms. The van der Waals surface area contributed by atoms with Crippen molar-refractivity contribution in [2.24, 2.45) is 11.1 Å². The quantitative estimate of drug-likeness (QED) is 0.813. The van der Waals surface area contributed by atoms with Gasteiger partial charge in [-0.15, -0.1) is 0 Å². The fourth-order valence-electron chi connectivity index (χ4n) is 1.24. The Kier molecular flexibility index (Phi) is 4.09. The van der Waals surface area contributed by atoms with Crippen molar-refractivity contribution < 1.29 is 4.39 Å². The molecule has 3 N–H and O–H groups in total. The van der Waals surface area contributed by atoms with Gasteiger partial charge in [0.25, 0.3) is 0 Å². The van der Waals surface area contributed by atoms with Gasteiger partial charge in [0.1, 0.15) is 10.8 Å². The molecule has 2 nitrogen and oxygen atoms in total. The Morgan fingerprint density at radius 2 is 2.00 bits per heavy atom. The Labute approximate surface area is 107 Å². The number of thiocarbonyl (C=S) groups is 1. The molecule has 0 spiro atoms. The van der Waals surface area contributed by atoms with Crippen LogP contribution in [0.4, 0.5) is 10.1 Å². The summed E-state index contributed by atoms with van der Waals surface area (Å²) in [5.41, 5.74) is 6.54. The third-order valence-electron chi connectivity index (χ3n) is 2.92. The van der Waals surface area contributed by atoms with Gasteiger partial charge in [-0.05, 0) is 30.5 Å². The molecule has 0 heterocycles. The number of nitrogens with one attached hydrogen (secondary N) is 1. The summed E-state index contributed by atoms with van der Waals surface area (Å²) in [6, 6.07) is 4.92. The maximum atomic E-state index is 13.8. The number of halogens is 1. The van der Waals surface area contributed by atoms with Crippen molar-refractivity contribution >= 4 is 22.9 Å². The van der Waals surface area contributed by atoms with Crippen LogP contribution in [0.1, 0.15) is 33.3 Å². The molecular formula is C13H19FN2S. The molecule has 0 amide bonds. The van der Waals surface area contributed by atoms with Gasteiger partial charge in [0.2, 0.25) is 0 Å². The van der Waals surface area contributed by atoms with Crippen LogP contribution < -0.4 is 11.1 Å². The molecule has 0 aromatic heterocycles. The second-order valence-corrected chi connectivity index (χ2v) is 5.73. The van der Waals surface area contributed by atoms with E-state index in [0.29, 0.717) is 11.3 Å². The van der Waals surface area contributed by atoms with E-state index < -0.39 is 0 Å². The van der Waals surface area contributed by atoms with E-state index in [4.69, 9.17) is 18.0 Å². The SMILES string of the molecule is CC(Nc1ccc(C(N)=S)cc1F)C(C)(C)C. The van der Waals surface area contributed by atoms with Crippen molar-refractivity contribution in [3.63, 3.8) is 0 Å². The molecule has 0 radical (unpaired) electrons. The molecule has 0 aliphatic rings. The third kappa shape index (κ3) is 3.66. The normalized spacial score (nSPS) is 13.2. The predicted octanol–water partition coefficient (Wildman–Crippen LogP) is 3.31. The van der Waals surface area contributed by atoms with Gasteiger partial charge in [0, 0.05) is 11.6 Å². The molecule has 0 bridgehead atoms.